The van der Waals surface area contributed by atoms with E-state index >= 15 is 0 Å². The van der Waals surface area contributed by atoms with E-state index in [9.17, 15) is 4.79 Å². The Labute approximate surface area is 132 Å². The van der Waals surface area contributed by atoms with E-state index in [0.717, 1.165) is 25.9 Å². The lowest BCUT2D eigenvalue weighted by atomic mass is 10.1. The average molecular weight is 297 g/mol. The second-order valence-corrected chi connectivity index (χ2v) is 5.39. The van der Waals surface area contributed by atoms with Crippen LogP contribution in [-0.4, -0.2) is 37.6 Å². The van der Waals surface area contributed by atoms with E-state index in [4.69, 9.17) is 4.74 Å². The number of hydrogen-bond acceptors (Lipinski definition) is 3. The molecule has 2 aromatic carbocycles. The normalized spacial score (nSPS) is 10.6. The van der Waals surface area contributed by atoms with Gasteiger partial charge in [0.15, 0.2) is 0 Å². The summed E-state index contributed by atoms with van der Waals surface area (Å²) in [6, 6.07) is 19.6. The highest BCUT2D eigenvalue weighted by Crippen LogP contribution is 2.03. The summed E-state index contributed by atoms with van der Waals surface area (Å²) in [5.41, 5.74) is 1.96. The molecule has 2 rings (SSSR count). The highest BCUT2D eigenvalue weighted by molar-refractivity contribution is 5.89. The first kappa shape index (κ1) is 16.2. The molecule has 22 heavy (non-hydrogen) atoms. The number of rotatable bonds is 8. The number of esters is 1. The fourth-order valence-electron chi connectivity index (χ4n) is 2.23. The van der Waals surface area contributed by atoms with E-state index in [1.807, 2.05) is 24.3 Å². The third-order valence-corrected chi connectivity index (χ3v) is 3.55. The molecule has 0 aliphatic carbocycles. The maximum Gasteiger partial charge on any atom is 0.338 e. The lowest BCUT2D eigenvalue weighted by Crippen LogP contribution is -2.23. The van der Waals surface area contributed by atoms with Gasteiger partial charge in [-0.15, -0.1) is 0 Å². The van der Waals surface area contributed by atoms with Gasteiger partial charge in [0, 0.05) is 13.1 Å². The molecule has 0 aliphatic heterocycles. The molecule has 0 saturated heterocycles. The Morgan fingerprint density at radius 2 is 1.59 bits per heavy atom. The molecule has 0 amide bonds. The van der Waals surface area contributed by atoms with Gasteiger partial charge >= 0.3 is 5.97 Å². The maximum absolute atomic E-state index is 11.8. The van der Waals surface area contributed by atoms with Crippen LogP contribution in [0.5, 0.6) is 0 Å². The molecule has 0 bridgehead atoms. The lowest BCUT2D eigenvalue weighted by Gasteiger charge is -2.16. The molecule has 3 nitrogen and oxygen atoms in total. The Hall–Kier alpha value is -2.13. The monoisotopic (exact) mass is 297 g/mol. The van der Waals surface area contributed by atoms with Crippen molar-refractivity contribution >= 4 is 5.97 Å². The molecule has 0 aromatic heterocycles. The van der Waals surface area contributed by atoms with E-state index in [2.05, 4.69) is 36.2 Å². The van der Waals surface area contributed by atoms with Gasteiger partial charge in [0.05, 0.1) is 12.2 Å². The lowest BCUT2D eigenvalue weighted by molar-refractivity contribution is 0.0491. The van der Waals surface area contributed by atoms with Gasteiger partial charge in [0.1, 0.15) is 0 Å². The largest absolute Gasteiger partial charge is 0.462 e. The number of ether oxygens (including phenoxy) is 1. The zero-order chi connectivity index (χ0) is 15.6. The summed E-state index contributed by atoms with van der Waals surface area (Å²) in [4.78, 5) is 14.0. The first-order valence-corrected chi connectivity index (χ1v) is 7.70. The van der Waals surface area contributed by atoms with Crippen LogP contribution in [0.4, 0.5) is 0 Å². The number of likely N-dealkylation sites (N-methyl/N-ethyl adjacent to an activating group) is 1. The van der Waals surface area contributed by atoms with Gasteiger partial charge in [-0.1, -0.05) is 48.5 Å². The van der Waals surface area contributed by atoms with Crippen LogP contribution in [0.1, 0.15) is 22.3 Å². The van der Waals surface area contributed by atoms with Crippen molar-refractivity contribution < 1.29 is 9.53 Å². The van der Waals surface area contributed by atoms with Crippen LogP contribution in [0.15, 0.2) is 60.7 Å². The quantitative estimate of drug-likeness (QED) is 0.552. The van der Waals surface area contributed by atoms with Crippen LogP contribution in [0.3, 0.4) is 0 Å². The van der Waals surface area contributed by atoms with E-state index in [0.29, 0.717) is 12.2 Å². The SMILES string of the molecule is CN(CCCOC(=O)c1ccccc1)CCc1ccccc1. The summed E-state index contributed by atoms with van der Waals surface area (Å²) in [5, 5.41) is 0. The fraction of sp³-hybridized carbons (Fsp3) is 0.316. The van der Waals surface area contributed by atoms with Crippen molar-refractivity contribution in [2.75, 3.05) is 26.7 Å². The zero-order valence-electron chi connectivity index (χ0n) is 13.1. The topological polar surface area (TPSA) is 29.5 Å². The summed E-state index contributed by atoms with van der Waals surface area (Å²) in [5.74, 6) is -0.243. The highest BCUT2D eigenvalue weighted by Gasteiger charge is 2.06. The summed E-state index contributed by atoms with van der Waals surface area (Å²) in [6.45, 7) is 2.40. The predicted octanol–water partition coefficient (Wildman–Crippen LogP) is 3.41. The van der Waals surface area contributed by atoms with Crippen LogP contribution in [0.25, 0.3) is 0 Å². The summed E-state index contributed by atoms with van der Waals surface area (Å²) in [7, 11) is 2.10. The molecule has 0 atom stereocenters. The van der Waals surface area contributed by atoms with Crippen molar-refractivity contribution in [2.45, 2.75) is 12.8 Å². The second-order valence-electron chi connectivity index (χ2n) is 5.39. The molecule has 0 unspecified atom stereocenters. The molecule has 0 N–H and O–H groups in total. The smallest absolute Gasteiger partial charge is 0.338 e. The third kappa shape index (κ3) is 5.70. The molecular weight excluding hydrogens is 274 g/mol. The summed E-state index contributed by atoms with van der Waals surface area (Å²) >= 11 is 0. The summed E-state index contributed by atoms with van der Waals surface area (Å²) < 4.78 is 5.28. The molecule has 0 aliphatic rings. The van der Waals surface area contributed by atoms with E-state index in [1.54, 1.807) is 12.1 Å². The molecule has 3 heteroatoms. The van der Waals surface area contributed by atoms with Gasteiger partial charge in [-0.25, -0.2) is 4.79 Å². The minimum Gasteiger partial charge on any atom is -0.462 e. The minimum absolute atomic E-state index is 0.243. The zero-order valence-corrected chi connectivity index (χ0v) is 13.1. The molecule has 0 fully saturated rings. The number of carbonyl (C=O) groups is 1. The van der Waals surface area contributed by atoms with E-state index in [-0.39, 0.29) is 5.97 Å². The first-order chi connectivity index (χ1) is 10.8. The van der Waals surface area contributed by atoms with Gasteiger partial charge in [-0.05, 0) is 37.6 Å². The highest BCUT2D eigenvalue weighted by atomic mass is 16.5. The van der Waals surface area contributed by atoms with Crippen molar-refractivity contribution in [3.05, 3.63) is 71.8 Å². The van der Waals surface area contributed by atoms with Gasteiger partial charge in [0.25, 0.3) is 0 Å². The van der Waals surface area contributed by atoms with Crippen molar-refractivity contribution in [1.82, 2.24) is 4.90 Å². The van der Waals surface area contributed by atoms with Crippen molar-refractivity contribution in [2.24, 2.45) is 0 Å². The fourth-order valence-corrected chi connectivity index (χ4v) is 2.23. The second kappa shape index (κ2) is 9.00. The Morgan fingerprint density at radius 3 is 2.27 bits per heavy atom. The standard InChI is InChI=1S/C19H23NO2/c1-20(15-13-17-9-4-2-5-10-17)14-8-16-22-19(21)18-11-6-3-7-12-18/h2-7,9-12H,8,13-16H2,1H3. The Balaban J connectivity index is 1.59. The van der Waals surface area contributed by atoms with Crippen LogP contribution in [-0.2, 0) is 11.2 Å². The first-order valence-electron chi connectivity index (χ1n) is 7.70. The van der Waals surface area contributed by atoms with Crippen LogP contribution in [0.2, 0.25) is 0 Å². The molecule has 0 spiro atoms. The van der Waals surface area contributed by atoms with Crippen molar-refractivity contribution in [3.63, 3.8) is 0 Å². The number of benzene rings is 2. The number of carbonyl (C=O) groups excluding carboxylic acids is 1. The Kier molecular flexibility index (Phi) is 6.65. The van der Waals surface area contributed by atoms with Gasteiger partial charge in [0.2, 0.25) is 0 Å². The van der Waals surface area contributed by atoms with Crippen molar-refractivity contribution in [1.29, 1.82) is 0 Å². The van der Waals surface area contributed by atoms with E-state index < -0.39 is 0 Å². The molecule has 0 saturated carbocycles. The molecular formula is C19H23NO2. The van der Waals surface area contributed by atoms with Gasteiger partial charge < -0.3 is 9.64 Å². The molecule has 116 valence electrons. The molecule has 2 aromatic rings. The average Bonchev–Trinajstić information content (AvgIpc) is 2.58. The van der Waals surface area contributed by atoms with Crippen LogP contribution in [0, 0.1) is 0 Å². The third-order valence-electron chi connectivity index (χ3n) is 3.55. The Bertz CT molecular complexity index is 554. The van der Waals surface area contributed by atoms with Crippen LogP contribution >= 0.6 is 0 Å². The van der Waals surface area contributed by atoms with Crippen molar-refractivity contribution in [3.8, 4) is 0 Å². The van der Waals surface area contributed by atoms with Gasteiger partial charge in [-0.2, -0.15) is 0 Å². The maximum atomic E-state index is 11.8. The number of nitrogens with zero attached hydrogens (tertiary/aromatic N) is 1. The predicted molar refractivity (Wildman–Crippen MR) is 89.0 cm³/mol. The summed E-state index contributed by atoms with van der Waals surface area (Å²) in [6.07, 6.45) is 1.89. The minimum atomic E-state index is -0.243. The van der Waals surface area contributed by atoms with Gasteiger partial charge in [-0.3, -0.25) is 0 Å². The Morgan fingerprint density at radius 1 is 0.955 bits per heavy atom. The van der Waals surface area contributed by atoms with Crippen LogP contribution < -0.4 is 0 Å². The molecule has 0 radical (unpaired) electrons. The van der Waals surface area contributed by atoms with E-state index in [1.165, 1.54) is 5.56 Å². The number of hydrogen-bond donors (Lipinski definition) is 0. The molecule has 0 heterocycles.